The van der Waals surface area contributed by atoms with Crippen LogP contribution in [0.1, 0.15) is 5.69 Å². The predicted octanol–water partition coefficient (Wildman–Crippen LogP) is 3.25. The van der Waals surface area contributed by atoms with Crippen molar-refractivity contribution in [3.8, 4) is 17.1 Å². The number of non-ortho nitro benzene ring substituents is 1. The van der Waals surface area contributed by atoms with Crippen LogP contribution in [-0.2, 0) is 0 Å². The molecule has 2 heterocycles. The monoisotopic (exact) mass is 351 g/mol. The van der Waals surface area contributed by atoms with E-state index in [0.717, 1.165) is 5.69 Å². The van der Waals surface area contributed by atoms with Gasteiger partial charge in [0.15, 0.2) is 5.82 Å². The number of aromatic nitrogens is 3. The van der Waals surface area contributed by atoms with Crippen molar-refractivity contribution in [2.75, 3.05) is 18.5 Å². The van der Waals surface area contributed by atoms with Gasteiger partial charge in [0, 0.05) is 35.7 Å². The number of anilines is 1. The standard InChI is InChI=1S/C18H17N5O3/c1-13-10-17(20-8-9-26-16-6-3-7-19-12-16)22-18(21-13)14-4-2-5-15(11-14)23(24)25/h2-7,10-12H,8-9H2,1H3,(H,20,21,22). The smallest absolute Gasteiger partial charge is 0.270 e. The molecule has 0 fully saturated rings. The zero-order valence-corrected chi connectivity index (χ0v) is 14.1. The maximum atomic E-state index is 10.9. The minimum absolute atomic E-state index is 0.00647. The van der Waals surface area contributed by atoms with Crippen molar-refractivity contribution in [1.29, 1.82) is 0 Å². The molecule has 0 bridgehead atoms. The molecule has 8 heteroatoms. The quantitative estimate of drug-likeness (QED) is 0.396. The van der Waals surface area contributed by atoms with E-state index >= 15 is 0 Å². The highest BCUT2D eigenvalue weighted by molar-refractivity contribution is 5.61. The first kappa shape index (κ1) is 17.3. The normalized spacial score (nSPS) is 10.3. The highest BCUT2D eigenvalue weighted by Gasteiger charge is 2.10. The van der Waals surface area contributed by atoms with Crippen LogP contribution in [0.2, 0.25) is 0 Å². The number of hydrogen-bond donors (Lipinski definition) is 1. The van der Waals surface area contributed by atoms with Gasteiger partial charge in [-0.1, -0.05) is 12.1 Å². The van der Waals surface area contributed by atoms with Crippen molar-refractivity contribution in [1.82, 2.24) is 15.0 Å². The second-order valence-corrected chi connectivity index (χ2v) is 5.49. The summed E-state index contributed by atoms with van der Waals surface area (Å²) in [6.45, 7) is 2.83. The minimum Gasteiger partial charge on any atom is -0.490 e. The molecule has 0 aliphatic rings. The molecule has 3 rings (SSSR count). The molecule has 1 N–H and O–H groups in total. The maximum Gasteiger partial charge on any atom is 0.270 e. The first-order valence-corrected chi connectivity index (χ1v) is 7.99. The van der Waals surface area contributed by atoms with Gasteiger partial charge in [-0.15, -0.1) is 0 Å². The Morgan fingerprint density at radius 2 is 2.08 bits per heavy atom. The van der Waals surface area contributed by atoms with Crippen molar-refractivity contribution in [2.45, 2.75) is 6.92 Å². The van der Waals surface area contributed by atoms with Gasteiger partial charge in [0.05, 0.1) is 17.7 Å². The van der Waals surface area contributed by atoms with Crippen LogP contribution >= 0.6 is 0 Å². The van der Waals surface area contributed by atoms with Crippen molar-refractivity contribution >= 4 is 11.5 Å². The molecule has 0 aliphatic heterocycles. The predicted molar refractivity (Wildman–Crippen MR) is 97.1 cm³/mol. The third-order valence-corrected chi connectivity index (χ3v) is 3.48. The molecule has 0 radical (unpaired) electrons. The number of hydrogen-bond acceptors (Lipinski definition) is 7. The molecular formula is C18H17N5O3. The van der Waals surface area contributed by atoms with Gasteiger partial charge in [0.2, 0.25) is 0 Å². The van der Waals surface area contributed by atoms with E-state index in [0.29, 0.717) is 36.1 Å². The first-order valence-electron chi connectivity index (χ1n) is 7.99. The van der Waals surface area contributed by atoms with E-state index in [2.05, 4.69) is 20.3 Å². The summed E-state index contributed by atoms with van der Waals surface area (Å²) in [7, 11) is 0. The number of nitro benzene ring substituents is 1. The Labute approximate surface area is 150 Å². The summed E-state index contributed by atoms with van der Waals surface area (Å²) in [4.78, 5) is 23.3. The lowest BCUT2D eigenvalue weighted by atomic mass is 10.2. The Morgan fingerprint density at radius 3 is 2.85 bits per heavy atom. The van der Waals surface area contributed by atoms with Gasteiger partial charge >= 0.3 is 0 Å². The van der Waals surface area contributed by atoms with Gasteiger partial charge in [-0.3, -0.25) is 15.1 Å². The molecule has 0 saturated carbocycles. The van der Waals surface area contributed by atoms with Crippen molar-refractivity contribution in [3.63, 3.8) is 0 Å². The molecule has 3 aromatic rings. The Hall–Kier alpha value is -3.55. The van der Waals surface area contributed by atoms with Crippen LogP contribution in [0.3, 0.4) is 0 Å². The van der Waals surface area contributed by atoms with Crippen LogP contribution in [0.4, 0.5) is 11.5 Å². The van der Waals surface area contributed by atoms with Crippen LogP contribution in [0.25, 0.3) is 11.4 Å². The molecule has 8 nitrogen and oxygen atoms in total. The molecular weight excluding hydrogens is 334 g/mol. The largest absolute Gasteiger partial charge is 0.490 e. The molecule has 2 aromatic heterocycles. The molecule has 0 saturated heterocycles. The van der Waals surface area contributed by atoms with Crippen molar-refractivity contribution in [2.24, 2.45) is 0 Å². The maximum absolute atomic E-state index is 10.9. The highest BCUT2D eigenvalue weighted by atomic mass is 16.6. The average Bonchev–Trinajstić information content (AvgIpc) is 2.66. The molecule has 26 heavy (non-hydrogen) atoms. The Bertz CT molecular complexity index is 902. The third kappa shape index (κ3) is 4.50. The van der Waals surface area contributed by atoms with Gasteiger partial charge in [-0.05, 0) is 19.1 Å². The summed E-state index contributed by atoms with van der Waals surface area (Å²) in [6, 6.07) is 11.7. The number of nitro groups is 1. The molecule has 0 amide bonds. The van der Waals surface area contributed by atoms with Crippen molar-refractivity contribution in [3.05, 3.63) is 70.7 Å². The Kier molecular flexibility index (Phi) is 5.33. The SMILES string of the molecule is Cc1cc(NCCOc2cccnc2)nc(-c2cccc([N+](=O)[O-])c2)n1. The molecule has 0 aliphatic carbocycles. The summed E-state index contributed by atoms with van der Waals surface area (Å²) in [5.74, 6) is 1.77. The lowest BCUT2D eigenvalue weighted by molar-refractivity contribution is -0.384. The van der Waals surface area contributed by atoms with Gasteiger partial charge in [-0.25, -0.2) is 9.97 Å². The molecule has 0 unspecified atom stereocenters. The number of ether oxygens (including phenoxy) is 1. The average molecular weight is 351 g/mol. The highest BCUT2D eigenvalue weighted by Crippen LogP contribution is 2.22. The number of rotatable bonds is 7. The zero-order chi connectivity index (χ0) is 18.4. The van der Waals surface area contributed by atoms with Gasteiger partial charge in [0.25, 0.3) is 5.69 Å². The van der Waals surface area contributed by atoms with E-state index in [1.165, 1.54) is 12.1 Å². The van der Waals surface area contributed by atoms with Crippen LogP contribution in [0, 0.1) is 17.0 Å². The van der Waals surface area contributed by atoms with Gasteiger partial charge < -0.3 is 10.1 Å². The first-order chi connectivity index (χ1) is 12.6. The zero-order valence-electron chi connectivity index (χ0n) is 14.1. The van der Waals surface area contributed by atoms with E-state index in [4.69, 9.17) is 4.74 Å². The Morgan fingerprint density at radius 1 is 1.19 bits per heavy atom. The molecule has 132 valence electrons. The summed E-state index contributed by atoms with van der Waals surface area (Å²) >= 11 is 0. The van der Waals surface area contributed by atoms with Gasteiger partial charge in [-0.2, -0.15) is 0 Å². The third-order valence-electron chi connectivity index (χ3n) is 3.48. The van der Waals surface area contributed by atoms with E-state index in [-0.39, 0.29) is 5.69 Å². The Balaban J connectivity index is 1.68. The van der Waals surface area contributed by atoms with Crippen LogP contribution in [0.5, 0.6) is 5.75 Å². The second kappa shape index (κ2) is 8.02. The summed E-state index contributed by atoms with van der Waals surface area (Å²) in [5.41, 5.74) is 1.36. The van der Waals surface area contributed by atoms with Crippen LogP contribution in [0.15, 0.2) is 54.9 Å². The number of nitrogens with one attached hydrogen (secondary N) is 1. The minimum atomic E-state index is -0.436. The van der Waals surface area contributed by atoms with E-state index in [1.54, 1.807) is 24.5 Å². The number of aryl methyl sites for hydroxylation is 1. The van der Waals surface area contributed by atoms with E-state index < -0.39 is 4.92 Å². The molecule has 0 spiro atoms. The lowest BCUT2D eigenvalue weighted by Crippen LogP contribution is -2.13. The van der Waals surface area contributed by atoms with Gasteiger partial charge in [0.1, 0.15) is 18.2 Å². The number of benzene rings is 1. The van der Waals surface area contributed by atoms with Crippen LogP contribution < -0.4 is 10.1 Å². The lowest BCUT2D eigenvalue weighted by Gasteiger charge is -2.10. The van der Waals surface area contributed by atoms with E-state index in [1.807, 2.05) is 25.1 Å². The summed E-state index contributed by atoms with van der Waals surface area (Å²) < 4.78 is 5.57. The fourth-order valence-electron chi connectivity index (χ4n) is 2.33. The fraction of sp³-hybridized carbons (Fsp3) is 0.167. The summed E-state index contributed by atoms with van der Waals surface area (Å²) in [5, 5.41) is 14.1. The second-order valence-electron chi connectivity index (χ2n) is 5.49. The fourth-order valence-corrected chi connectivity index (χ4v) is 2.33. The van der Waals surface area contributed by atoms with Crippen LogP contribution in [-0.4, -0.2) is 33.0 Å². The number of nitrogens with zero attached hydrogens (tertiary/aromatic N) is 4. The van der Waals surface area contributed by atoms with E-state index in [9.17, 15) is 10.1 Å². The van der Waals surface area contributed by atoms with Crippen molar-refractivity contribution < 1.29 is 9.66 Å². The molecule has 1 aromatic carbocycles. The number of pyridine rings is 1. The molecule has 0 atom stereocenters. The summed E-state index contributed by atoms with van der Waals surface area (Å²) in [6.07, 6.45) is 3.33. The topological polar surface area (TPSA) is 103 Å².